The lowest BCUT2D eigenvalue weighted by Gasteiger charge is -2.05. The molecule has 0 unspecified atom stereocenters. The average molecular weight is 329 g/mol. The van der Waals surface area contributed by atoms with Crippen molar-refractivity contribution in [1.29, 1.82) is 0 Å². The van der Waals surface area contributed by atoms with Gasteiger partial charge in [0.1, 0.15) is 11.6 Å². The second-order valence-corrected chi connectivity index (χ2v) is 4.77. The third-order valence-electron chi connectivity index (χ3n) is 2.98. The van der Waals surface area contributed by atoms with E-state index in [1.54, 1.807) is 37.5 Å². The molecule has 0 heterocycles. The average Bonchev–Trinajstić information content (AvgIpc) is 2.58. The first-order valence-electron chi connectivity index (χ1n) is 7.11. The van der Waals surface area contributed by atoms with Crippen molar-refractivity contribution >= 4 is 23.6 Å². The highest BCUT2D eigenvalue weighted by Crippen LogP contribution is 2.12. The number of benzene rings is 2. The molecule has 1 amide bonds. The first kappa shape index (κ1) is 17.2. The van der Waals surface area contributed by atoms with Gasteiger partial charge in [-0.15, -0.1) is 0 Å². The van der Waals surface area contributed by atoms with E-state index in [4.69, 9.17) is 9.47 Å². The van der Waals surface area contributed by atoms with Crippen molar-refractivity contribution < 1.29 is 23.5 Å². The first-order valence-corrected chi connectivity index (χ1v) is 7.11. The normalized spacial score (nSPS) is 10.4. The number of amides is 1. The third kappa shape index (κ3) is 5.57. The summed E-state index contributed by atoms with van der Waals surface area (Å²) in [4.78, 5) is 23.2. The van der Waals surface area contributed by atoms with Gasteiger partial charge in [-0.2, -0.15) is 0 Å². The molecule has 6 heteroatoms. The van der Waals surface area contributed by atoms with Gasteiger partial charge in [-0.1, -0.05) is 18.2 Å². The molecular weight excluding hydrogens is 313 g/mol. The molecule has 1 N–H and O–H groups in total. The van der Waals surface area contributed by atoms with Crippen LogP contribution in [0.3, 0.4) is 0 Å². The van der Waals surface area contributed by atoms with Gasteiger partial charge in [0.15, 0.2) is 6.61 Å². The van der Waals surface area contributed by atoms with Crippen LogP contribution < -0.4 is 10.1 Å². The predicted molar refractivity (Wildman–Crippen MR) is 88.0 cm³/mol. The summed E-state index contributed by atoms with van der Waals surface area (Å²) in [5.41, 5.74) is 1.08. The Morgan fingerprint density at radius 1 is 1.17 bits per heavy atom. The molecule has 5 nitrogen and oxygen atoms in total. The van der Waals surface area contributed by atoms with Crippen LogP contribution in [-0.2, 0) is 14.3 Å². The van der Waals surface area contributed by atoms with Crippen molar-refractivity contribution in [2.75, 3.05) is 19.0 Å². The number of esters is 1. The number of nitrogens with one attached hydrogen (secondary N) is 1. The highest BCUT2D eigenvalue weighted by atomic mass is 19.1. The van der Waals surface area contributed by atoms with Crippen molar-refractivity contribution in [2.24, 2.45) is 0 Å². The number of hydrogen-bond donors (Lipinski definition) is 1. The Hall–Kier alpha value is -3.15. The zero-order chi connectivity index (χ0) is 17.4. The van der Waals surface area contributed by atoms with Gasteiger partial charge in [-0.3, -0.25) is 4.79 Å². The second-order valence-electron chi connectivity index (χ2n) is 4.77. The Bertz CT molecular complexity index is 741. The topological polar surface area (TPSA) is 64.6 Å². The lowest BCUT2D eigenvalue weighted by atomic mass is 10.2. The van der Waals surface area contributed by atoms with Crippen LogP contribution in [0, 0.1) is 5.82 Å². The van der Waals surface area contributed by atoms with E-state index in [0.29, 0.717) is 11.4 Å². The van der Waals surface area contributed by atoms with E-state index < -0.39 is 24.3 Å². The van der Waals surface area contributed by atoms with Gasteiger partial charge in [0.2, 0.25) is 0 Å². The van der Waals surface area contributed by atoms with Crippen molar-refractivity contribution in [3.8, 4) is 5.75 Å². The van der Waals surface area contributed by atoms with E-state index in [1.807, 2.05) is 0 Å². The molecule has 0 aliphatic rings. The minimum atomic E-state index is -0.653. The largest absolute Gasteiger partial charge is 0.497 e. The fourth-order valence-corrected chi connectivity index (χ4v) is 1.83. The summed E-state index contributed by atoms with van der Waals surface area (Å²) < 4.78 is 22.8. The van der Waals surface area contributed by atoms with Gasteiger partial charge in [0.25, 0.3) is 5.91 Å². The molecule has 0 spiro atoms. The van der Waals surface area contributed by atoms with Gasteiger partial charge in [0.05, 0.1) is 7.11 Å². The summed E-state index contributed by atoms with van der Waals surface area (Å²) in [6.07, 6.45) is 2.78. The number of hydrogen-bond acceptors (Lipinski definition) is 4. The highest BCUT2D eigenvalue weighted by Gasteiger charge is 2.06. The summed E-state index contributed by atoms with van der Waals surface area (Å²) >= 11 is 0. The lowest BCUT2D eigenvalue weighted by molar-refractivity contribution is -0.142. The van der Waals surface area contributed by atoms with Crippen LogP contribution in [0.4, 0.5) is 10.1 Å². The maximum absolute atomic E-state index is 13.0. The SMILES string of the molecule is COc1ccc(/C=C/C(=O)OCC(=O)Nc2cccc(F)c2)cc1. The van der Waals surface area contributed by atoms with Crippen molar-refractivity contribution in [2.45, 2.75) is 0 Å². The molecule has 0 saturated carbocycles. The van der Waals surface area contributed by atoms with Crippen molar-refractivity contribution in [1.82, 2.24) is 0 Å². The molecule has 124 valence electrons. The quantitative estimate of drug-likeness (QED) is 0.653. The van der Waals surface area contributed by atoms with E-state index in [0.717, 1.165) is 5.56 Å². The molecule has 0 fully saturated rings. The second kappa shape index (κ2) is 8.47. The van der Waals surface area contributed by atoms with Crippen molar-refractivity contribution in [3.63, 3.8) is 0 Å². The number of carbonyl (C=O) groups excluding carboxylic acids is 2. The minimum Gasteiger partial charge on any atom is -0.497 e. The summed E-state index contributed by atoms with van der Waals surface area (Å²) in [7, 11) is 1.57. The number of carbonyl (C=O) groups is 2. The fraction of sp³-hybridized carbons (Fsp3) is 0.111. The van der Waals surface area contributed by atoms with Gasteiger partial charge in [-0.25, -0.2) is 9.18 Å². The summed E-state index contributed by atoms with van der Waals surface area (Å²) in [6.45, 7) is -0.456. The number of rotatable bonds is 6. The van der Waals surface area contributed by atoms with Crippen LogP contribution in [-0.4, -0.2) is 25.6 Å². The van der Waals surface area contributed by atoms with E-state index in [2.05, 4.69) is 5.32 Å². The molecule has 2 aromatic rings. The van der Waals surface area contributed by atoms with Crippen molar-refractivity contribution in [3.05, 3.63) is 66.0 Å². The summed E-state index contributed by atoms with van der Waals surface area (Å²) in [5, 5.41) is 2.43. The molecule has 0 aromatic heterocycles. The standard InChI is InChI=1S/C18H16FNO4/c1-23-16-8-5-13(6-9-16)7-10-18(22)24-12-17(21)20-15-4-2-3-14(19)11-15/h2-11H,12H2,1H3,(H,20,21)/b10-7+. The highest BCUT2D eigenvalue weighted by molar-refractivity contribution is 5.94. The minimum absolute atomic E-state index is 0.296. The van der Waals surface area contributed by atoms with Crippen LogP contribution in [0.25, 0.3) is 6.08 Å². The van der Waals surface area contributed by atoms with Crippen LogP contribution in [0.5, 0.6) is 5.75 Å². The maximum Gasteiger partial charge on any atom is 0.331 e. The van der Waals surface area contributed by atoms with Gasteiger partial charge >= 0.3 is 5.97 Å². The predicted octanol–water partition coefficient (Wildman–Crippen LogP) is 3.03. The molecule has 2 aromatic carbocycles. The Kier molecular flexibility index (Phi) is 6.08. The molecule has 0 aliphatic carbocycles. The Balaban J connectivity index is 1.79. The smallest absolute Gasteiger partial charge is 0.331 e. The first-order chi connectivity index (χ1) is 11.6. The van der Waals surface area contributed by atoms with Crippen LogP contribution in [0.2, 0.25) is 0 Å². The fourth-order valence-electron chi connectivity index (χ4n) is 1.83. The molecule has 0 saturated heterocycles. The number of methoxy groups -OCH3 is 1. The van der Waals surface area contributed by atoms with E-state index >= 15 is 0 Å². The molecule has 2 rings (SSSR count). The molecular formula is C18H16FNO4. The molecule has 0 radical (unpaired) electrons. The van der Waals surface area contributed by atoms with Crippen LogP contribution >= 0.6 is 0 Å². The van der Waals surface area contributed by atoms with E-state index in [-0.39, 0.29) is 0 Å². The van der Waals surface area contributed by atoms with Gasteiger partial charge in [0, 0.05) is 11.8 Å². The molecule has 0 aliphatic heterocycles. The lowest BCUT2D eigenvalue weighted by Crippen LogP contribution is -2.20. The van der Waals surface area contributed by atoms with Crippen LogP contribution in [0.15, 0.2) is 54.6 Å². The van der Waals surface area contributed by atoms with E-state index in [1.165, 1.54) is 30.3 Å². The number of ether oxygens (including phenoxy) is 2. The monoisotopic (exact) mass is 329 g/mol. The molecule has 0 atom stereocenters. The third-order valence-corrected chi connectivity index (χ3v) is 2.98. The van der Waals surface area contributed by atoms with Crippen LogP contribution in [0.1, 0.15) is 5.56 Å². The molecule has 24 heavy (non-hydrogen) atoms. The molecule has 0 bridgehead atoms. The maximum atomic E-state index is 13.0. The van der Waals surface area contributed by atoms with Gasteiger partial charge < -0.3 is 14.8 Å². The number of anilines is 1. The van der Waals surface area contributed by atoms with E-state index in [9.17, 15) is 14.0 Å². The Labute approximate surface area is 138 Å². The number of halogens is 1. The Morgan fingerprint density at radius 3 is 2.58 bits per heavy atom. The van der Waals surface area contributed by atoms with Gasteiger partial charge in [-0.05, 0) is 42.0 Å². The summed E-state index contributed by atoms with van der Waals surface area (Å²) in [5.74, 6) is -0.956. The Morgan fingerprint density at radius 2 is 1.92 bits per heavy atom. The zero-order valence-corrected chi connectivity index (χ0v) is 13.0. The summed E-state index contributed by atoms with van der Waals surface area (Å²) in [6, 6.07) is 12.5. The zero-order valence-electron chi connectivity index (χ0n) is 13.0.